The molecule has 0 radical (unpaired) electrons. The maximum absolute atomic E-state index is 12.5. The zero-order valence-corrected chi connectivity index (χ0v) is 16.6. The van der Waals surface area contributed by atoms with Crippen LogP contribution in [0.5, 0.6) is 11.5 Å². The van der Waals surface area contributed by atoms with Crippen LogP contribution in [0.4, 0.5) is 0 Å². The van der Waals surface area contributed by atoms with Gasteiger partial charge in [-0.3, -0.25) is 9.79 Å². The highest BCUT2D eigenvalue weighted by Gasteiger charge is 2.42. The van der Waals surface area contributed by atoms with E-state index >= 15 is 0 Å². The van der Waals surface area contributed by atoms with E-state index in [2.05, 4.69) is 10.9 Å². The first kappa shape index (κ1) is 21.0. The highest BCUT2D eigenvalue weighted by molar-refractivity contribution is 6.07. The van der Waals surface area contributed by atoms with Crippen LogP contribution >= 0.6 is 0 Å². The first-order chi connectivity index (χ1) is 13.4. The fourth-order valence-electron chi connectivity index (χ4n) is 3.32. The van der Waals surface area contributed by atoms with Crippen molar-refractivity contribution in [1.82, 2.24) is 0 Å². The molecule has 0 fully saturated rings. The van der Waals surface area contributed by atoms with Crippen LogP contribution in [0.3, 0.4) is 0 Å². The van der Waals surface area contributed by atoms with Crippen molar-refractivity contribution in [2.45, 2.75) is 19.8 Å². The molecule has 1 aromatic carbocycles. The SMILES string of the molecule is C#CCOc1ccc([C@@H]2C(C(=O)OC)=C(C)N=C(C)C2C(=O)OC)cc1OC. The normalized spacial score (nSPS) is 18.6. The van der Waals surface area contributed by atoms with Crippen LogP contribution in [-0.4, -0.2) is 45.6 Å². The van der Waals surface area contributed by atoms with Crippen molar-refractivity contribution in [2.24, 2.45) is 10.9 Å². The second-order valence-corrected chi connectivity index (χ2v) is 6.13. The summed E-state index contributed by atoms with van der Waals surface area (Å²) < 4.78 is 20.8. The first-order valence-electron chi connectivity index (χ1n) is 8.55. The quantitative estimate of drug-likeness (QED) is 0.553. The van der Waals surface area contributed by atoms with Gasteiger partial charge in [0.2, 0.25) is 0 Å². The number of allylic oxidation sites excluding steroid dienone is 1. The topological polar surface area (TPSA) is 83.4 Å². The monoisotopic (exact) mass is 385 g/mol. The number of esters is 2. The minimum Gasteiger partial charge on any atom is -0.493 e. The van der Waals surface area contributed by atoms with Crippen molar-refractivity contribution in [1.29, 1.82) is 0 Å². The van der Waals surface area contributed by atoms with Gasteiger partial charge in [0.25, 0.3) is 0 Å². The smallest absolute Gasteiger partial charge is 0.336 e. The van der Waals surface area contributed by atoms with E-state index in [-0.39, 0.29) is 6.61 Å². The number of carbonyl (C=O) groups is 2. The summed E-state index contributed by atoms with van der Waals surface area (Å²) >= 11 is 0. The van der Waals surface area contributed by atoms with Crippen LogP contribution in [0.1, 0.15) is 25.3 Å². The zero-order chi connectivity index (χ0) is 20.8. The summed E-state index contributed by atoms with van der Waals surface area (Å²) in [5, 5.41) is 0. The van der Waals surface area contributed by atoms with E-state index in [1.807, 2.05) is 0 Å². The Bertz CT molecular complexity index is 877. The van der Waals surface area contributed by atoms with Gasteiger partial charge in [0, 0.05) is 17.3 Å². The van der Waals surface area contributed by atoms with Crippen molar-refractivity contribution >= 4 is 17.7 Å². The molecule has 0 N–H and O–H groups in total. The minimum atomic E-state index is -0.773. The molecule has 0 amide bonds. The first-order valence-corrected chi connectivity index (χ1v) is 8.55. The van der Waals surface area contributed by atoms with Gasteiger partial charge in [-0.05, 0) is 31.5 Å². The van der Waals surface area contributed by atoms with Crippen LogP contribution in [-0.2, 0) is 19.1 Å². The summed E-state index contributed by atoms with van der Waals surface area (Å²) in [5.74, 6) is 0.812. The van der Waals surface area contributed by atoms with E-state index in [9.17, 15) is 9.59 Å². The third-order valence-electron chi connectivity index (χ3n) is 4.55. The lowest BCUT2D eigenvalue weighted by atomic mass is 9.75. The summed E-state index contributed by atoms with van der Waals surface area (Å²) in [4.78, 5) is 29.4. The molecule has 2 rings (SSSR count). The Balaban J connectivity index is 2.65. The van der Waals surface area contributed by atoms with E-state index in [1.165, 1.54) is 21.3 Å². The molecule has 2 atom stereocenters. The highest BCUT2D eigenvalue weighted by Crippen LogP contribution is 2.42. The number of rotatable bonds is 6. The number of nitrogens with zero attached hydrogens (tertiary/aromatic N) is 1. The van der Waals surface area contributed by atoms with Crippen molar-refractivity contribution in [3.05, 3.63) is 35.0 Å². The summed E-state index contributed by atoms with van der Waals surface area (Å²) in [6.45, 7) is 3.52. The molecule has 1 heterocycles. The number of hydrogen-bond donors (Lipinski definition) is 0. The molecule has 1 aliphatic heterocycles. The fourth-order valence-corrected chi connectivity index (χ4v) is 3.32. The Kier molecular flexibility index (Phi) is 6.83. The van der Waals surface area contributed by atoms with E-state index in [0.29, 0.717) is 34.0 Å². The molecular weight excluding hydrogens is 362 g/mol. The van der Waals surface area contributed by atoms with E-state index in [0.717, 1.165) is 0 Å². The van der Waals surface area contributed by atoms with E-state index in [1.54, 1.807) is 32.0 Å². The number of terminal acetylenes is 1. The van der Waals surface area contributed by atoms with E-state index < -0.39 is 23.8 Å². The molecule has 148 valence electrons. The molecule has 1 aromatic rings. The predicted octanol–water partition coefficient (Wildman–Crippen LogP) is 2.50. The summed E-state index contributed by atoms with van der Waals surface area (Å²) in [7, 11) is 4.08. The Morgan fingerprint density at radius 3 is 2.43 bits per heavy atom. The largest absolute Gasteiger partial charge is 0.493 e. The number of benzene rings is 1. The summed E-state index contributed by atoms with van der Waals surface area (Å²) in [6, 6.07) is 5.15. The molecule has 7 heteroatoms. The Morgan fingerprint density at radius 2 is 1.86 bits per heavy atom. The molecule has 0 saturated carbocycles. The summed E-state index contributed by atoms with van der Waals surface area (Å²) in [5.41, 5.74) is 1.99. The number of methoxy groups -OCH3 is 3. The van der Waals surface area contributed by atoms with Crippen LogP contribution in [0.25, 0.3) is 0 Å². The molecule has 1 unspecified atom stereocenters. The van der Waals surface area contributed by atoms with E-state index in [4.69, 9.17) is 25.4 Å². The number of carbonyl (C=O) groups excluding carboxylic acids is 2. The molecule has 0 aliphatic carbocycles. The maximum atomic E-state index is 12.5. The third-order valence-corrected chi connectivity index (χ3v) is 4.55. The second kappa shape index (κ2) is 9.09. The molecule has 0 aromatic heterocycles. The van der Waals surface area contributed by atoms with Gasteiger partial charge in [-0.1, -0.05) is 12.0 Å². The predicted molar refractivity (Wildman–Crippen MR) is 103 cm³/mol. The average molecular weight is 385 g/mol. The lowest BCUT2D eigenvalue weighted by molar-refractivity contribution is -0.143. The molecule has 0 saturated heterocycles. The lowest BCUT2D eigenvalue weighted by Crippen LogP contribution is -2.36. The van der Waals surface area contributed by atoms with Crippen LogP contribution in [0.2, 0.25) is 0 Å². The number of hydrogen-bond acceptors (Lipinski definition) is 7. The summed E-state index contributed by atoms with van der Waals surface area (Å²) in [6.07, 6.45) is 5.24. The molecule has 7 nitrogen and oxygen atoms in total. The highest BCUT2D eigenvalue weighted by atomic mass is 16.5. The van der Waals surface area contributed by atoms with Gasteiger partial charge in [-0.25, -0.2) is 4.79 Å². The number of aliphatic imine (C=N–C) groups is 1. The molecule has 28 heavy (non-hydrogen) atoms. The zero-order valence-electron chi connectivity index (χ0n) is 16.6. The standard InChI is InChI=1S/C21H23NO6/c1-7-10-28-15-9-8-14(11-16(15)25-4)19-17(20(23)26-5)12(2)22-13(3)18(19)21(24)27-6/h1,8-9,11,17,19H,10H2,2-6H3/t17?,19-/m0/s1. The van der Waals surface area contributed by atoms with Gasteiger partial charge in [-0.15, -0.1) is 6.42 Å². The second-order valence-electron chi connectivity index (χ2n) is 6.13. The Labute approximate surface area is 164 Å². The maximum Gasteiger partial charge on any atom is 0.336 e. The Morgan fingerprint density at radius 1 is 1.14 bits per heavy atom. The van der Waals surface area contributed by atoms with Crippen molar-refractivity contribution in [2.75, 3.05) is 27.9 Å². The van der Waals surface area contributed by atoms with Crippen molar-refractivity contribution in [3.8, 4) is 23.8 Å². The molecule has 1 aliphatic rings. The van der Waals surface area contributed by atoms with Gasteiger partial charge < -0.3 is 18.9 Å². The minimum absolute atomic E-state index is 0.0854. The van der Waals surface area contributed by atoms with Gasteiger partial charge in [0.05, 0.1) is 26.9 Å². The van der Waals surface area contributed by atoms with Crippen LogP contribution in [0, 0.1) is 18.3 Å². The van der Waals surface area contributed by atoms with Gasteiger partial charge >= 0.3 is 11.9 Å². The lowest BCUT2D eigenvalue weighted by Gasteiger charge is -2.31. The average Bonchev–Trinajstić information content (AvgIpc) is 2.70. The van der Waals surface area contributed by atoms with Gasteiger partial charge in [0.1, 0.15) is 12.5 Å². The number of ether oxygens (including phenoxy) is 4. The van der Waals surface area contributed by atoms with Crippen LogP contribution < -0.4 is 9.47 Å². The Hall–Kier alpha value is -3.27. The van der Waals surface area contributed by atoms with Crippen molar-refractivity contribution < 1.29 is 28.5 Å². The molecule has 0 bridgehead atoms. The third kappa shape index (κ3) is 4.01. The molecular formula is C21H23NO6. The van der Waals surface area contributed by atoms with Gasteiger partial charge in [-0.2, -0.15) is 0 Å². The van der Waals surface area contributed by atoms with Crippen LogP contribution in [0.15, 0.2) is 34.5 Å². The van der Waals surface area contributed by atoms with Gasteiger partial charge in [0.15, 0.2) is 11.5 Å². The van der Waals surface area contributed by atoms with Crippen molar-refractivity contribution in [3.63, 3.8) is 0 Å². The molecule has 0 spiro atoms. The fraction of sp³-hybridized carbons (Fsp3) is 0.381.